The highest BCUT2D eigenvalue weighted by Crippen LogP contribution is 2.17. The lowest BCUT2D eigenvalue weighted by molar-refractivity contribution is -0.134. The average Bonchev–Trinajstić information content (AvgIpc) is 2.62. The summed E-state index contributed by atoms with van der Waals surface area (Å²) in [5.74, 6) is 0.311. The molecule has 0 aliphatic carbocycles. The Morgan fingerprint density at radius 2 is 2.00 bits per heavy atom. The standard InChI is InChI=1S/C19H30N4O2.ClH/c1-3-5-17(20)18(24)23-11-4-6-15(13-23)12-21-19(25)22-16-9-7-14(2)8-10-16;/h7-10,15,17H,3-6,11-13,20H2,1-2H3,(H2,21,22,25);1H. The van der Waals surface area contributed by atoms with E-state index in [1.807, 2.05) is 43.0 Å². The molecule has 146 valence electrons. The van der Waals surface area contributed by atoms with Gasteiger partial charge in [-0.25, -0.2) is 4.79 Å². The van der Waals surface area contributed by atoms with E-state index in [4.69, 9.17) is 5.73 Å². The van der Waals surface area contributed by atoms with E-state index < -0.39 is 6.04 Å². The van der Waals surface area contributed by atoms with Crippen molar-refractivity contribution < 1.29 is 9.59 Å². The van der Waals surface area contributed by atoms with Gasteiger partial charge in [0.1, 0.15) is 0 Å². The first-order valence-electron chi connectivity index (χ1n) is 9.15. The van der Waals surface area contributed by atoms with E-state index in [1.54, 1.807) is 0 Å². The fraction of sp³-hybridized carbons (Fsp3) is 0.579. The predicted molar refractivity (Wildman–Crippen MR) is 108 cm³/mol. The summed E-state index contributed by atoms with van der Waals surface area (Å²) in [6, 6.07) is 7.06. The molecule has 3 amide bonds. The zero-order valence-electron chi connectivity index (χ0n) is 15.7. The fourth-order valence-electron chi connectivity index (χ4n) is 3.15. The smallest absolute Gasteiger partial charge is 0.319 e. The molecule has 0 radical (unpaired) electrons. The molecule has 0 aromatic heterocycles. The van der Waals surface area contributed by atoms with Crippen molar-refractivity contribution in [2.24, 2.45) is 11.7 Å². The number of aryl methyl sites for hydroxylation is 1. The highest BCUT2D eigenvalue weighted by atomic mass is 35.5. The van der Waals surface area contributed by atoms with Gasteiger partial charge >= 0.3 is 6.03 Å². The number of hydrogen-bond acceptors (Lipinski definition) is 3. The monoisotopic (exact) mass is 382 g/mol. The Morgan fingerprint density at radius 1 is 1.31 bits per heavy atom. The molecule has 1 heterocycles. The topological polar surface area (TPSA) is 87.5 Å². The van der Waals surface area contributed by atoms with Crippen molar-refractivity contribution in [1.29, 1.82) is 0 Å². The van der Waals surface area contributed by atoms with Crippen LogP contribution in [-0.4, -0.2) is 42.5 Å². The Morgan fingerprint density at radius 3 is 2.65 bits per heavy atom. The lowest BCUT2D eigenvalue weighted by Gasteiger charge is -2.34. The highest BCUT2D eigenvalue weighted by Gasteiger charge is 2.26. The number of benzene rings is 1. The zero-order valence-corrected chi connectivity index (χ0v) is 16.5. The largest absolute Gasteiger partial charge is 0.341 e. The van der Waals surface area contributed by atoms with Crippen LogP contribution in [0.4, 0.5) is 10.5 Å². The maximum absolute atomic E-state index is 12.3. The molecule has 4 N–H and O–H groups in total. The number of likely N-dealkylation sites (tertiary alicyclic amines) is 1. The van der Waals surface area contributed by atoms with Crippen LogP contribution in [0.5, 0.6) is 0 Å². The molecule has 2 rings (SSSR count). The van der Waals surface area contributed by atoms with Gasteiger partial charge in [0.15, 0.2) is 0 Å². The quantitative estimate of drug-likeness (QED) is 0.706. The van der Waals surface area contributed by atoms with E-state index in [2.05, 4.69) is 10.6 Å². The van der Waals surface area contributed by atoms with Crippen LogP contribution in [0.3, 0.4) is 0 Å². The Hall–Kier alpha value is -1.79. The third-order valence-corrected chi connectivity index (χ3v) is 4.61. The number of nitrogens with one attached hydrogen (secondary N) is 2. The molecule has 0 bridgehead atoms. The molecule has 1 aliphatic heterocycles. The van der Waals surface area contributed by atoms with Gasteiger partial charge in [-0.1, -0.05) is 31.0 Å². The average molecular weight is 383 g/mol. The van der Waals surface area contributed by atoms with Crippen molar-refractivity contribution in [3.05, 3.63) is 29.8 Å². The molecule has 7 heteroatoms. The van der Waals surface area contributed by atoms with Gasteiger partial charge in [0, 0.05) is 25.3 Å². The van der Waals surface area contributed by atoms with Crippen LogP contribution in [-0.2, 0) is 4.79 Å². The molecule has 26 heavy (non-hydrogen) atoms. The SMILES string of the molecule is CCCC(N)C(=O)N1CCCC(CNC(=O)Nc2ccc(C)cc2)C1.Cl. The van der Waals surface area contributed by atoms with E-state index in [-0.39, 0.29) is 30.3 Å². The van der Waals surface area contributed by atoms with Crippen molar-refractivity contribution >= 4 is 30.0 Å². The number of hydrogen-bond donors (Lipinski definition) is 3. The second-order valence-corrected chi connectivity index (χ2v) is 6.89. The molecule has 0 saturated carbocycles. The van der Waals surface area contributed by atoms with Crippen molar-refractivity contribution in [3.63, 3.8) is 0 Å². The molecule has 1 aromatic carbocycles. The van der Waals surface area contributed by atoms with Gasteiger partial charge in [-0.05, 0) is 44.2 Å². The molecule has 1 saturated heterocycles. The van der Waals surface area contributed by atoms with Crippen LogP contribution >= 0.6 is 12.4 Å². The number of amides is 3. The van der Waals surface area contributed by atoms with E-state index in [0.717, 1.165) is 43.5 Å². The number of nitrogens with zero attached hydrogens (tertiary/aromatic N) is 1. The lowest BCUT2D eigenvalue weighted by Crippen LogP contribution is -2.49. The first-order valence-corrected chi connectivity index (χ1v) is 9.15. The number of anilines is 1. The van der Waals surface area contributed by atoms with Gasteiger partial charge in [0.05, 0.1) is 6.04 Å². The van der Waals surface area contributed by atoms with E-state index in [9.17, 15) is 9.59 Å². The molecule has 1 aliphatic rings. The van der Waals surface area contributed by atoms with Crippen LogP contribution in [0.2, 0.25) is 0 Å². The molecular weight excluding hydrogens is 352 g/mol. The summed E-state index contributed by atoms with van der Waals surface area (Å²) < 4.78 is 0. The van der Waals surface area contributed by atoms with E-state index in [0.29, 0.717) is 13.1 Å². The second kappa shape index (κ2) is 11.0. The molecule has 6 nitrogen and oxygen atoms in total. The minimum absolute atomic E-state index is 0. The number of nitrogens with two attached hydrogens (primary N) is 1. The van der Waals surface area contributed by atoms with Crippen molar-refractivity contribution in [3.8, 4) is 0 Å². The van der Waals surface area contributed by atoms with Gasteiger partial charge < -0.3 is 21.3 Å². The normalized spacial score (nSPS) is 17.8. The van der Waals surface area contributed by atoms with Crippen LogP contribution in [0.25, 0.3) is 0 Å². The number of rotatable bonds is 6. The Labute approximate surface area is 162 Å². The lowest BCUT2D eigenvalue weighted by atomic mass is 9.97. The highest BCUT2D eigenvalue weighted by molar-refractivity contribution is 5.89. The summed E-state index contributed by atoms with van der Waals surface area (Å²) in [5.41, 5.74) is 7.88. The maximum atomic E-state index is 12.3. The van der Waals surface area contributed by atoms with E-state index >= 15 is 0 Å². The predicted octanol–water partition coefficient (Wildman–Crippen LogP) is 2.90. The Balaban J connectivity index is 0.00000338. The Kier molecular flexibility index (Phi) is 9.44. The van der Waals surface area contributed by atoms with Gasteiger partial charge in [-0.2, -0.15) is 0 Å². The van der Waals surface area contributed by atoms with Crippen molar-refractivity contribution in [1.82, 2.24) is 10.2 Å². The zero-order chi connectivity index (χ0) is 18.2. The third-order valence-electron chi connectivity index (χ3n) is 4.61. The number of carbonyl (C=O) groups excluding carboxylic acids is 2. The number of halogens is 1. The molecule has 2 atom stereocenters. The van der Waals surface area contributed by atoms with E-state index in [1.165, 1.54) is 0 Å². The summed E-state index contributed by atoms with van der Waals surface area (Å²) in [4.78, 5) is 26.2. The fourth-order valence-corrected chi connectivity index (χ4v) is 3.15. The summed E-state index contributed by atoms with van der Waals surface area (Å²) in [6.07, 6.45) is 3.59. The maximum Gasteiger partial charge on any atom is 0.319 e. The van der Waals surface area contributed by atoms with Crippen LogP contribution in [0.15, 0.2) is 24.3 Å². The molecular formula is C19H31ClN4O2. The van der Waals surface area contributed by atoms with Gasteiger partial charge in [-0.15, -0.1) is 12.4 Å². The first-order chi connectivity index (χ1) is 12.0. The van der Waals surface area contributed by atoms with Gasteiger partial charge in [-0.3, -0.25) is 4.79 Å². The summed E-state index contributed by atoms with van der Waals surface area (Å²) in [7, 11) is 0. The van der Waals surface area contributed by atoms with Crippen LogP contribution in [0.1, 0.15) is 38.2 Å². The number of piperidine rings is 1. The minimum Gasteiger partial charge on any atom is -0.341 e. The molecule has 0 spiro atoms. The number of carbonyl (C=O) groups is 2. The summed E-state index contributed by atoms with van der Waals surface area (Å²) >= 11 is 0. The van der Waals surface area contributed by atoms with Gasteiger partial charge in [0.2, 0.25) is 5.91 Å². The van der Waals surface area contributed by atoms with Crippen molar-refractivity contribution in [2.45, 2.75) is 45.6 Å². The van der Waals surface area contributed by atoms with Crippen LogP contribution < -0.4 is 16.4 Å². The minimum atomic E-state index is -0.401. The van der Waals surface area contributed by atoms with Gasteiger partial charge in [0.25, 0.3) is 0 Å². The Bertz CT molecular complexity index is 579. The summed E-state index contributed by atoms with van der Waals surface area (Å²) in [6.45, 7) is 6.03. The molecule has 1 fully saturated rings. The van der Waals surface area contributed by atoms with Crippen molar-refractivity contribution in [2.75, 3.05) is 25.0 Å². The summed E-state index contributed by atoms with van der Waals surface area (Å²) in [5, 5.41) is 5.74. The molecule has 2 unspecified atom stereocenters. The van der Waals surface area contributed by atoms with Crippen LogP contribution in [0, 0.1) is 12.8 Å². The molecule has 1 aromatic rings. The first kappa shape index (κ1) is 22.3. The second-order valence-electron chi connectivity index (χ2n) is 6.89. The number of urea groups is 1. The third kappa shape index (κ3) is 6.84.